The number of ether oxygens (including phenoxy) is 3. The van der Waals surface area contributed by atoms with E-state index in [1.807, 2.05) is 0 Å². The molecule has 0 saturated carbocycles. The first-order chi connectivity index (χ1) is 13.6. The summed E-state index contributed by atoms with van der Waals surface area (Å²) in [6.07, 6.45) is 5.86. The van der Waals surface area contributed by atoms with Crippen molar-refractivity contribution in [2.45, 2.75) is 24.9 Å². The summed E-state index contributed by atoms with van der Waals surface area (Å²) in [5.74, 6) is 1.21. The molecule has 8 heteroatoms. The molecule has 0 radical (unpaired) electrons. The number of aromatic nitrogens is 2. The van der Waals surface area contributed by atoms with Crippen LogP contribution in [0.1, 0.15) is 40.1 Å². The van der Waals surface area contributed by atoms with Gasteiger partial charge in [0.05, 0.1) is 32.4 Å². The van der Waals surface area contributed by atoms with Crippen LogP contribution in [-0.4, -0.2) is 59.5 Å². The molecule has 0 N–H and O–H groups in total. The Morgan fingerprint density at radius 2 is 1.96 bits per heavy atom. The lowest BCUT2D eigenvalue weighted by molar-refractivity contribution is -0.00760. The molecule has 3 heterocycles. The van der Waals surface area contributed by atoms with Gasteiger partial charge in [-0.05, 0) is 12.1 Å². The first kappa shape index (κ1) is 18.2. The number of piperidine rings is 1. The molecular weight excluding hydrogens is 362 g/mol. The van der Waals surface area contributed by atoms with Gasteiger partial charge in [-0.1, -0.05) is 0 Å². The minimum absolute atomic E-state index is 0.0101. The molecule has 28 heavy (non-hydrogen) atoms. The smallest absolute Gasteiger partial charge is 0.274 e. The van der Waals surface area contributed by atoms with Crippen molar-refractivity contribution in [3.05, 3.63) is 42.0 Å². The summed E-state index contributed by atoms with van der Waals surface area (Å²) in [6.45, 7) is 0.953. The van der Waals surface area contributed by atoms with Crippen LogP contribution in [0.3, 0.4) is 0 Å². The van der Waals surface area contributed by atoms with Crippen LogP contribution in [0, 0.1) is 0 Å². The lowest BCUT2D eigenvalue weighted by Crippen LogP contribution is -2.52. The molecule has 2 aromatic rings. The summed E-state index contributed by atoms with van der Waals surface area (Å²) in [4.78, 5) is 35.1. The predicted octanol–water partition coefficient (Wildman–Crippen LogP) is 2.13. The number of carbonyl (C=O) groups excluding carboxylic acids is 2. The molecule has 1 spiro atoms. The number of ketones is 1. The Morgan fingerprint density at radius 3 is 2.61 bits per heavy atom. The summed E-state index contributed by atoms with van der Waals surface area (Å²) in [7, 11) is 3.07. The topological polar surface area (TPSA) is 90.8 Å². The molecule has 1 aromatic heterocycles. The maximum absolute atomic E-state index is 12.8. The fraction of sp³-hybridized carbons (Fsp3) is 0.400. The number of nitrogens with zero attached hydrogens (tertiary/aromatic N) is 3. The van der Waals surface area contributed by atoms with Crippen LogP contribution in [0.4, 0.5) is 0 Å². The molecule has 1 aromatic carbocycles. The van der Waals surface area contributed by atoms with Gasteiger partial charge in [-0.3, -0.25) is 14.6 Å². The molecule has 0 unspecified atom stereocenters. The van der Waals surface area contributed by atoms with E-state index in [0.29, 0.717) is 54.4 Å². The maximum Gasteiger partial charge on any atom is 0.274 e. The number of rotatable bonds is 3. The molecule has 1 saturated heterocycles. The molecule has 4 rings (SSSR count). The molecule has 146 valence electrons. The van der Waals surface area contributed by atoms with Crippen LogP contribution < -0.4 is 14.2 Å². The fourth-order valence-corrected chi connectivity index (χ4v) is 3.83. The Morgan fingerprint density at radius 1 is 1.18 bits per heavy atom. The highest BCUT2D eigenvalue weighted by molar-refractivity contribution is 6.01. The number of likely N-dealkylation sites (tertiary alicyclic amines) is 1. The van der Waals surface area contributed by atoms with E-state index in [-0.39, 0.29) is 18.1 Å². The fourth-order valence-electron chi connectivity index (χ4n) is 3.83. The van der Waals surface area contributed by atoms with Gasteiger partial charge in [0, 0.05) is 38.3 Å². The van der Waals surface area contributed by atoms with Crippen LogP contribution in [0.5, 0.6) is 17.2 Å². The summed E-state index contributed by atoms with van der Waals surface area (Å²) in [5, 5.41) is 0. The van der Waals surface area contributed by atoms with E-state index < -0.39 is 5.60 Å². The van der Waals surface area contributed by atoms with Gasteiger partial charge in [-0.15, -0.1) is 0 Å². The van der Waals surface area contributed by atoms with Crippen molar-refractivity contribution in [1.82, 2.24) is 14.9 Å². The van der Waals surface area contributed by atoms with Gasteiger partial charge in [-0.25, -0.2) is 4.98 Å². The molecule has 0 aliphatic carbocycles. The number of benzene rings is 1. The number of hydrogen-bond donors (Lipinski definition) is 0. The van der Waals surface area contributed by atoms with Gasteiger partial charge in [0.15, 0.2) is 17.3 Å². The van der Waals surface area contributed by atoms with Gasteiger partial charge in [0.2, 0.25) is 5.75 Å². The monoisotopic (exact) mass is 383 g/mol. The zero-order valence-electron chi connectivity index (χ0n) is 15.8. The molecule has 2 aliphatic heterocycles. The number of fused-ring (bicyclic) bond motifs is 1. The minimum atomic E-state index is -0.650. The van der Waals surface area contributed by atoms with Gasteiger partial charge in [-0.2, -0.15) is 0 Å². The Balaban J connectivity index is 1.55. The van der Waals surface area contributed by atoms with Gasteiger partial charge < -0.3 is 19.1 Å². The Kier molecular flexibility index (Phi) is 4.62. The van der Waals surface area contributed by atoms with E-state index in [1.165, 1.54) is 25.7 Å². The second kappa shape index (κ2) is 7.10. The summed E-state index contributed by atoms with van der Waals surface area (Å²) in [6, 6.07) is 3.41. The van der Waals surface area contributed by atoms with Gasteiger partial charge in [0.1, 0.15) is 11.3 Å². The van der Waals surface area contributed by atoms with Crippen molar-refractivity contribution in [3.8, 4) is 17.2 Å². The minimum Gasteiger partial charge on any atom is -0.493 e. The maximum atomic E-state index is 12.8. The average molecular weight is 383 g/mol. The second-order valence-corrected chi connectivity index (χ2v) is 6.95. The molecule has 0 bridgehead atoms. The summed E-state index contributed by atoms with van der Waals surface area (Å²) in [5.41, 5.74) is 0.167. The molecule has 0 atom stereocenters. The Bertz CT molecular complexity index is 908. The van der Waals surface area contributed by atoms with Gasteiger partial charge >= 0.3 is 0 Å². The number of carbonyl (C=O) groups is 2. The van der Waals surface area contributed by atoms with E-state index in [9.17, 15) is 9.59 Å². The second-order valence-electron chi connectivity index (χ2n) is 6.95. The largest absolute Gasteiger partial charge is 0.493 e. The molecule has 2 aliphatic rings. The van der Waals surface area contributed by atoms with Gasteiger partial charge in [0.25, 0.3) is 5.91 Å². The third-order valence-electron chi connectivity index (χ3n) is 5.35. The van der Waals surface area contributed by atoms with Crippen molar-refractivity contribution >= 4 is 11.7 Å². The van der Waals surface area contributed by atoms with Crippen molar-refractivity contribution in [2.75, 3.05) is 27.3 Å². The first-order valence-corrected chi connectivity index (χ1v) is 9.09. The lowest BCUT2D eigenvalue weighted by Gasteiger charge is -2.44. The van der Waals surface area contributed by atoms with Crippen LogP contribution in [-0.2, 0) is 0 Å². The van der Waals surface area contributed by atoms with Crippen molar-refractivity contribution in [3.63, 3.8) is 0 Å². The highest BCUT2D eigenvalue weighted by atomic mass is 16.5. The molecule has 1 amide bonds. The van der Waals surface area contributed by atoms with E-state index in [4.69, 9.17) is 14.2 Å². The predicted molar refractivity (Wildman–Crippen MR) is 99.0 cm³/mol. The normalized spacial score (nSPS) is 17.6. The van der Waals surface area contributed by atoms with Crippen LogP contribution in [0.25, 0.3) is 0 Å². The molecule has 8 nitrogen and oxygen atoms in total. The molecule has 1 fully saturated rings. The van der Waals surface area contributed by atoms with E-state index in [2.05, 4.69) is 9.97 Å². The first-order valence-electron chi connectivity index (χ1n) is 9.09. The SMILES string of the molecule is COc1ccc2c(c1OC)OC1(CCN(C(=O)c3cnccn3)CC1)CC2=O. The highest BCUT2D eigenvalue weighted by Crippen LogP contribution is 2.47. The Labute approximate surface area is 162 Å². The quantitative estimate of drug-likeness (QED) is 0.802. The van der Waals surface area contributed by atoms with Crippen LogP contribution in [0.15, 0.2) is 30.7 Å². The average Bonchev–Trinajstić information content (AvgIpc) is 2.73. The van der Waals surface area contributed by atoms with E-state index in [1.54, 1.807) is 24.1 Å². The van der Waals surface area contributed by atoms with Crippen molar-refractivity contribution in [1.29, 1.82) is 0 Å². The van der Waals surface area contributed by atoms with E-state index >= 15 is 0 Å². The zero-order chi connectivity index (χ0) is 19.7. The summed E-state index contributed by atoms with van der Waals surface area (Å²) >= 11 is 0. The third-order valence-corrected chi connectivity index (χ3v) is 5.35. The highest BCUT2D eigenvalue weighted by Gasteiger charge is 2.45. The van der Waals surface area contributed by atoms with Crippen LogP contribution in [0.2, 0.25) is 0 Å². The number of hydrogen-bond acceptors (Lipinski definition) is 7. The summed E-state index contributed by atoms with van der Waals surface area (Å²) < 4.78 is 17.1. The zero-order valence-corrected chi connectivity index (χ0v) is 15.8. The number of amides is 1. The molecular formula is C20H21N3O5. The van der Waals surface area contributed by atoms with E-state index in [0.717, 1.165) is 0 Å². The Hall–Kier alpha value is -3.16. The van der Waals surface area contributed by atoms with Crippen LogP contribution >= 0.6 is 0 Å². The standard InChI is InChI=1S/C20H21N3O5/c1-26-16-4-3-13-15(24)11-20(28-17(13)18(16)27-2)5-9-23(10-6-20)19(25)14-12-21-7-8-22-14/h3-4,7-8,12H,5-6,9-11H2,1-2H3. The third kappa shape index (κ3) is 3.04. The number of methoxy groups -OCH3 is 2. The lowest BCUT2D eigenvalue weighted by atomic mass is 9.82. The van der Waals surface area contributed by atoms with Crippen molar-refractivity contribution < 1.29 is 23.8 Å². The van der Waals surface area contributed by atoms with Crippen molar-refractivity contribution in [2.24, 2.45) is 0 Å². The number of Topliss-reactive ketones (excluding diaryl/α,β-unsaturated/α-hetero) is 1.